The van der Waals surface area contributed by atoms with Gasteiger partial charge in [-0.1, -0.05) is 37.6 Å². The zero-order chi connectivity index (χ0) is 35.9. The second-order valence-corrected chi connectivity index (χ2v) is 15.5. The smallest absolute Gasteiger partial charge is 0.345 e. The highest BCUT2D eigenvalue weighted by Crippen LogP contribution is 2.68. The van der Waals surface area contributed by atoms with E-state index in [1.807, 2.05) is 6.92 Å². The summed E-state index contributed by atoms with van der Waals surface area (Å²) in [6, 6.07) is 16.5. The first kappa shape index (κ1) is 33.7. The van der Waals surface area contributed by atoms with Gasteiger partial charge < -0.3 is 28.5 Å². The first-order valence-corrected chi connectivity index (χ1v) is 17.6. The molecule has 1 saturated heterocycles. The topological polar surface area (TPSA) is 117 Å². The Bertz CT molecular complexity index is 2050. The van der Waals surface area contributed by atoms with Crippen molar-refractivity contribution in [3.8, 4) is 17.1 Å². The number of hydrogen-bond donors (Lipinski definition) is 1. The van der Waals surface area contributed by atoms with Crippen molar-refractivity contribution in [2.75, 3.05) is 6.61 Å². The van der Waals surface area contributed by atoms with Gasteiger partial charge in [-0.25, -0.2) is 14.0 Å². The Morgan fingerprint density at radius 3 is 2.55 bits per heavy atom. The Labute approximate surface area is 295 Å². The van der Waals surface area contributed by atoms with E-state index < -0.39 is 58.3 Å². The van der Waals surface area contributed by atoms with Gasteiger partial charge in [-0.3, -0.25) is 4.98 Å². The third-order valence-corrected chi connectivity index (χ3v) is 12.4. The molecule has 0 amide bonds. The minimum atomic E-state index is -1.30. The van der Waals surface area contributed by atoms with Gasteiger partial charge >= 0.3 is 11.6 Å². The van der Waals surface area contributed by atoms with Gasteiger partial charge in [-0.05, 0) is 93.3 Å². The van der Waals surface area contributed by atoms with E-state index in [2.05, 4.69) is 50.9 Å². The van der Waals surface area contributed by atoms with Crippen LogP contribution in [0.3, 0.4) is 0 Å². The van der Waals surface area contributed by atoms with Gasteiger partial charge in [-0.2, -0.15) is 0 Å². The summed E-state index contributed by atoms with van der Waals surface area (Å²) in [5, 5.41) is 12.4. The van der Waals surface area contributed by atoms with Gasteiger partial charge in [0.05, 0.1) is 24.4 Å². The number of carbonyl (C=O) groups excluding carboxylic acids is 1. The third-order valence-electron chi connectivity index (χ3n) is 12.4. The van der Waals surface area contributed by atoms with Crippen molar-refractivity contribution in [2.24, 2.45) is 22.7 Å². The van der Waals surface area contributed by atoms with E-state index >= 15 is 0 Å². The van der Waals surface area contributed by atoms with Crippen molar-refractivity contribution in [2.45, 2.75) is 84.1 Å². The van der Waals surface area contributed by atoms with Gasteiger partial charge in [0.2, 0.25) is 0 Å². The van der Waals surface area contributed by atoms with Crippen LogP contribution < -0.4 is 10.4 Å². The lowest BCUT2D eigenvalue weighted by Gasteiger charge is -2.67. The number of pyridine rings is 1. The van der Waals surface area contributed by atoms with E-state index in [4.69, 9.17) is 23.4 Å². The fourth-order valence-corrected chi connectivity index (χ4v) is 9.89. The number of halogens is 1. The van der Waals surface area contributed by atoms with Crippen LogP contribution in [0.5, 0.6) is 5.75 Å². The molecule has 10 heteroatoms. The van der Waals surface area contributed by atoms with Crippen molar-refractivity contribution in [1.29, 1.82) is 0 Å². The molecule has 9 nitrogen and oxygen atoms in total. The van der Waals surface area contributed by atoms with Crippen LogP contribution in [0.15, 0.2) is 82.3 Å². The number of fused-ring (bicyclic) bond motifs is 6. The maximum atomic E-state index is 13.8. The fourth-order valence-electron chi connectivity index (χ4n) is 9.89. The van der Waals surface area contributed by atoms with E-state index in [1.54, 1.807) is 30.6 Å². The standard InChI is InChI=1S/C41H42FNO8/c1-22-8-13-27(23(2)17-22)38-47-21-40(4)30-19-32(49-36(45)24-9-11-26(42)12-10-24)41(5)35(39(30,3)15-14-31(40)50-38)34(44)33-29(51-41)18-28(48-37(33)46)25-7-6-16-43-20-25/h6-13,16-18,20,30-32,34-35,38,44H,14-15,19,21H2,1-5H3/t30?,31-,32-,34-,35?,38+,39-,40?,41+/m0/s1. The molecular weight excluding hydrogens is 653 g/mol. The minimum Gasteiger partial charge on any atom is -0.482 e. The van der Waals surface area contributed by atoms with Crippen molar-refractivity contribution >= 4 is 5.97 Å². The van der Waals surface area contributed by atoms with Gasteiger partial charge in [0.15, 0.2) is 6.29 Å². The molecule has 1 N–H and O–H groups in total. The van der Waals surface area contributed by atoms with Crippen LogP contribution in [0.25, 0.3) is 11.3 Å². The van der Waals surface area contributed by atoms with E-state index in [0.29, 0.717) is 31.4 Å². The van der Waals surface area contributed by atoms with Gasteiger partial charge in [0.1, 0.15) is 34.6 Å². The molecule has 4 heterocycles. The molecule has 4 aliphatic rings. The Balaban J connectivity index is 1.20. The number of carbonyl (C=O) groups is 1. The van der Waals surface area contributed by atoms with Crippen molar-refractivity contribution in [1.82, 2.24) is 4.98 Å². The summed E-state index contributed by atoms with van der Waals surface area (Å²) >= 11 is 0. The molecule has 2 aromatic carbocycles. The Hall–Kier alpha value is -4.38. The Morgan fingerprint density at radius 1 is 1.04 bits per heavy atom. The molecule has 2 saturated carbocycles. The summed E-state index contributed by atoms with van der Waals surface area (Å²) in [5.74, 6) is -1.58. The lowest BCUT2D eigenvalue weighted by Crippen LogP contribution is -2.72. The van der Waals surface area contributed by atoms with E-state index in [9.17, 15) is 19.1 Å². The molecule has 2 aromatic heterocycles. The number of ether oxygens (including phenoxy) is 4. The number of hydrogen-bond acceptors (Lipinski definition) is 9. The summed E-state index contributed by atoms with van der Waals surface area (Å²) in [5.41, 5.74) is 0.919. The highest BCUT2D eigenvalue weighted by atomic mass is 19.1. The van der Waals surface area contributed by atoms with Crippen LogP contribution >= 0.6 is 0 Å². The highest BCUT2D eigenvalue weighted by molar-refractivity contribution is 5.89. The van der Waals surface area contributed by atoms with E-state index in [-0.39, 0.29) is 34.7 Å². The number of benzene rings is 2. The van der Waals surface area contributed by atoms with Crippen molar-refractivity contribution in [3.05, 3.63) is 117 Å². The van der Waals surface area contributed by atoms with Crippen LogP contribution in [0.1, 0.15) is 85.0 Å². The minimum absolute atomic E-state index is 0.0360. The van der Waals surface area contributed by atoms with E-state index in [1.165, 1.54) is 24.3 Å². The number of aryl methyl sites for hydroxylation is 2. The molecular formula is C41H42FNO8. The largest absolute Gasteiger partial charge is 0.482 e. The van der Waals surface area contributed by atoms with Crippen LogP contribution in [0.2, 0.25) is 0 Å². The number of rotatable bonds is 4. The lowest BCUT2D eigenvalue weighted by molar-refractivity contribution is -0.330. The quantitative estimate of drug-likeness (QED) is 0.218. The number of nitrogens with zero attached hydrogens (tertiary/aromatic N) is 1. The maximum absolute atomic E-state index is 13.8. The highest BCUT2D eigenvalue weighted by Gasteiger charge is 2.71. The molecule has 2 aliphatic heterocycles. The van der Waals surface area contributed by atoms with Crippen LogP contribution in [0, 0.1) is 42.3 Å². The maximum Gasteiger partial charge on any atom is 0.345 e. The molecule has 8 rings (SSSR count). The zero-order valence-corrected chi connectivity index (χ0v) is 29.4. The molecule has 0 spiro atoms. The molecule has 2 aliphatic carbocycles. The molecule has 0 radical (unpaired) electrons. The Kier molecular flexibility index (Phi) is 8.01. The zero-order valence-electron chi connectivity index (χ0n) is 29.4. The second kappa shape index (κ2) is 12.1. The SMILES string of the molecule is Cc1ccc([C@@H]2OCC3(C)C4C[C@H](OC(=O)c5ccc(F)cc5)[C@@]5(C)Oc6cc(-c7cccnc7)oc(=O)c6[C@H](O)C5[C@@]4(C)CC[C@@H]3O2)c(C)c1. The molecule has 266 valence electrons. The van der Waals surface area contributed by atoms with Gasteiger partial charge in [-0.15, -0.1) is 0 Å². The predicted molar refractivity (Wildman–Crippen MR) is 184 cm³/mol. The second-order valence-electron chi connectivity index (χ2n) is 15.5. The van der Waals surface area contributed by atoms with Crippen molar-refractivity contribution in [3.63, 3.8) is 0 Å². The number of aliphatic hydroxyl groups excluding tert-OH is 1. The van der Waals surface area contributed by atoms with Gasteiger partial charge in [0, 0.05) is 40.9 Å². The average Bonchev–Trinajstić information content (AvgIpc) is 3.09. The fraction of sp³-hybridized carbons (Fsp3) is 0.439. The third kappa shape index (κ3) is 5.33. The predicted octanol–water partition coefficient (Wildman–Crippen LogP) is 7.42. The number of esters is 1. The summed E-state index contributed by atoms with van der Waals surface area (Å²) in [7, 11) is 0. The van der Waals surface area contributed by atoms with Crippen LogP contribution in [-0.4, -0.2) is 40.5 Å². The monoisotopic (exact) mass is 695 g/mol. The molecule has 3 fully saturated rings. The molecule has 9 atom stereocenters. The lowest BCUT2D eigenvalue weighted by atomic mass is 9.42. The van der Waals surface area contributed by atoms with Crippen LogP contribution in [-0.2, 0) is 14.2 Å². The summed E-state index contributed by atoms with van der Waals surface area (Å²) in [6.07, 6.45) is 2.04. The Morgan fingerprint density at radius 2 is 1.82 bits per heavy atom. The van der Waals surface area contributed by atoms with Gasteiger partial charge in [0.25, 0.3) is 0 Å². The molecule has 3 unspecified atom stereocenters. The normalized spacial score (nSPS) is 33.9. The molecule has 0 bridgehead atoms. The van der Waals surface area contributed by atoms with Crippen molar-refractivity contribution < 1.29 is 37.7 Å². The average molecular weight is 696 g/mol. The number of aromatic nitrogens is 1. The summed E-state index contributed by atoms with van der Waals surface area (Å²) in [6.45, 7) is 10.6. The molecule has 4 aromatic rings. The first-order valence-electron chi connectivity index (χ1n) is 17.6. The summed E-state index contributed by atoms with van der Waals surface area (Å²) in [4.78, 5) is 31.6. The summed E-state index contributed by atoms with van der Waals surface area (Å²) < 4.78 is 46.1. The molecule has 51 heavy (non-hydrogen) atoms. The van der Waals surface area contributed by atoms with E-state index in [0.717, 1.165) is 16.7 Å². The first-order chi connectivity index (χ1) is 24.3. The van der Waals surface area contributed by atoms with Crippen LogP contribution in [0.4, 0.5) is 4.39 Å². The number of aliphatic hydroxyl groups is 1.